The van der Waals surface area contributed by atoms with Crippen LogP contribution in [0.25, 0.3) is 0 Å². The van der Waals surface area contributed by atoms with Gasteiger partial charge in [-0.3, -0.25) is 4.57 Å². The molecule has 0 radical (unpaired) electrons. The topological polar surface area (TPSA) is 101 Å². The van der Waals surface area contributed by atoms with Crippen LogP contribution in [0.15, 0.2) is 121 Å². The van der Waals surface area contributed by atoms with Crippen molar-refractivity contribution in [3.05, 3.63) is 121 Å². The number of ether oxygens (including phenoxy) is 4. The highest BCUT2D eigenvalue weighted by Crippen LogP contribution is 2.40. The molecule has 0 spiro atoms. The Labute approximate surface area is 269 Å². The molecule has 10 heteroatoms. The predicted molar refractivity (Wildman–Crippen MR) is 182 cm³/mol. The molecule has 5 aromatic carbocycles. The Morgan fingerprint density at radius 1 is 0.478 bits per heavy atom. The van der Waals surface area contributed by atoms with Crippen LogP contribution in [-0.4, -0.2) is 43.9 Å². The van der Waals surface area contributed by atoms with E-state index in [-0.39, 0.29) is 19.2 Å². The molecule has 46 heavy (non-hydrogen) atoms. The molecule has 0 atom stereocenters. The van der Waals surface area contributed by atoms with Crippen molar-refractivity contribution in [2.24, 2.45) is 0 Å². The summed E-state index contributed by atoms with van der Waals surface area (Å²) in [6, 6.07) is 39.6. The van der Waals surface area contributed by atoms with Gasteiger partial charge in [-0.25, -0.2) is 0 Å². The second-order valence-electron chi connectivity index (χ2n) is 10.4. The van der Waals surface area contributed by atoms with Crippen LogP contribution >= 0.6 is 7.60 Å². The lowest BCUT2D eigenvalue weighted by atomic mass is 10.1. The first-order valence-electron chi connectivity index (χ1n) is 14.7. The number of benzene rings is 5. The molecule has 2 N–H and O–H groups in total. The van der Waals surface area contributed by atoms with E-state index in [1.54, 1.807) is 21.3 Å². The summed E-state index contributed by atoms with van der Waals surface area (Å²) < 4.78 is 33.0. The minimum Gasteiger partial charge on any atom is -0.497 e. The lowest BCUT2D eigenvalue weighted by molar-refractivity contribution is 0.309. The van der Waals surface area contributed by atoms with Gasteiger partial charge in [0.1, 0.15) is 23.0 Å². The normalized spacial score (nSPS) is 11.1. The maximum atomic E-state index is 11.1. The van der Waals surface area contributed by atoms with E-state index in [0.29, 0.717) is 5.75 Å². The van der Waals surface area contributed by atoms with Crippen molar-refractivity contribution in [1.82, 2.24) is 0 Å². The van der Waals surface area contributed by atoms with Gasteiger partial charge in [0.15, 0.2) is 0 Å². The van der Waals surface area contributed by atoms with Crippen LogP contribution in [0, 0.1) is 0 Å². The van der Waals surface area contributed by atoms with E-state index >= 15 is 0 Å². The van der Waals surface area contributed by atoms with Crippen LogP contribution in [0.4, 0.5) is 34.1 Å². The molecule has 0 aliphatic rings. The van der Waals surface area contributed by atoms with E-state index in [9.17, 15) is 4.57 Å². The molecule has 9 nitrogen and oxygen atoms in total. The molecule has 238 valence electrons. The summed E-state index contributed by atoms with van der Waals surface area (Å²) in [7, 11) is 0.904. The molecular weight excluding hydrogens is 603 g/mol. The van der Waals surface area contributed by atoms with E-state index in [0.717, 1.165) is 51.4 Å². The molecule has 0 aliphatic heterocycles. The van der Waals surface area contributed by atoms with Gasteiger partial charge in [-0.05, 0) is 128 Å². The van der Waals surface area contributed by atoms with Gasteiger partial charge in [0.25, 0.3) is 0 Å². The molecular formula is C36H37N2O7P. The smallest absolute Gasteiger partial charge is 0.325 e. The first-order chi connectivity index (χ1) is 22.3. The summed E-state index contributed by atoms with van der Waals surface area (Å²) in [5, 5.41) is 0. The Morgan fingerprint density at radius 3 is 1.00 bits per heavy atom. The van der Waals surface area contributed by atoms with E-state index in [2.05, 4.69) is 34.1 Å². The molecule has 5 rings (SSSR count). The Balaban J connectivity index is 1.47. The number of methoxy groups -OCH3 is 3. The van der Waals surface area contributed by atoms with Crippen molar-refractivity contribution < 1.29 is 33.3 Å². The average molecular weight is 641 g/mol. The van der Waals surface area contributed by atoms with Crippen LogP contribution in [0.2, 0.25) is 0 Å². The van der Waals surface area contributed by atoms with Crippen molar-refractivity contribution in [3.8, 4) is 23.0 Å². The molecule has 5 aromatic rings. The highest BCUT2D eigenvalue weighted by atomic mass is 31.2. The lowest BCUT2D eigenvalue weighted by Gasteiger charge is -2.28. The maximum Gasteiger partial charge on any atom is 0.325 e. The van der Waals surface area contributed by atoms with Gasteiger partial charge in [0, 0.05) is 34.1 Å². The zero-order valence-corrected chi connectivity index (χ0v) is 26.8. The van der Waals surface area contributed by atoms with Crippen LogP contribution in [0.1, 0.15) is 6.42 Å². The van der Waals surface area contributed by atoms with Gasteiger partial charge >= 0.3 is 7.60 Å². The number of hydrogen-bond acceptors (Lipinski definition) is 7. The van der Waals surface area contributed by atoms with Crippen molar-refractivity contribution in [2.45, 2.75) is 6.42 Å². The Bertz CT molecular complexity index is 1680. The Kier molecular flexibility index (Phi) is 10.5. The van der Waals surface area contributed by atoms with Gasteiger partial charge in [-0.2, -0.15) is 0 Å². The molecule has 0 amide bonds. The minimum absolute atomic E-state index is 0.208. The SMILES string of the molecule is COc1ccc(N(c2ccc(OC)cc2)c2ccc(N(c3ccc(OC)cc3)c3ccc(OCCCP(=O)(O)O)cc3)cc2)cc1. The summed E-state index contributed by atoms with van der Waals surface area (Å²) in [6.07, 6.45) is 0.0567. The fraction of sp³-hybridized carbons (Fsp3) is 0.167. The van der Waals surface area contributed by atoms with E-state index in [1.807, 2.05) is 97.1 Å². The molecule has 0 aliphatic carbocycles. The number of anilines is 6. The molecule has 0 saturated carbocycles. The molecule has 0 heterocycles. The lowest BCUT2D eigenvalue weighted by Crippen LogP contribution is -2.12. The molecule has 0 fully saturated rings. The van der Waals surface area contributed by atoms with Gasteiger partial charge in [0.05, 0.1) is 34.1 Å². The summed E-state index contributed by atoms with van der Waals surface area (Å²) >= 11 is 0. The van der Waals surface area contributed by atoms with Crippen molar-refractivity contribution in [2.75, 3.05) is 43.9 Å². The fourth-order valence-corrected chi connectivity index (χ4v) is 5.53. The average Bonchev–Trinajstić information content (AvgIpc) is 3.09. The molecule has 0 saturated heterocycles. The van der Waals surface area contributed by atoms with Crippen molar-refractivity contribution in [1.29, 1.82) is 0 Å². The second-order valence-corrected chi connectivity index (χ2v) is 12.1. The van der Waals surface area contributed by atoms with Gasteiger partial charge in [0.2, 0.25) is 0 Å². The maximum absolute atomic E-state index is 11.1. The van der Waals surface area contributed by atoms with Crippen molar-refractivity contribution in [3.63, 3.8) is 0 Å². The number of rotatable bonds is 14. The van der Waals surface area contributed by atoms with E-state index in [4.69, 9.17) is 28.7 Å². The van der Waals surface area contributed by atoms with Crippen LogP contribution in [-0.2, 0) is 4.57 Å². The standard InChI is InChI=1S/C36H37N2O7P/c1-42-33-17-9-29(10-18-33)37(30-11-19-34(43-2)20-12-30)27-5-7-28(8-6-27)38(31-13-21-35(44-3)22-14-31)32-15-23-36(24-16-32)45-25-4-26-46(39,40)41/h5-24H,4,25-26H2,1-3H3,(H2,39,40,41). The second kappa shape index (κ2) is 14.9. The number of hydrogen-bond donors (Lipinski definition) is 2. The molecule has 0 aromatic heterocycles. The Hall–Kier alpha value is -4.95. The Morgan fingerprint density at radius 2 is 0.739 bits per heavy atom. The first kappa shape index (κ1) is 32.4. The van der Waals surface area contributed by atoms with Gasteiger partial charge in [-0.1, -0.05) is 0 Å². The quantitative estimate of drug-likeness (QED) is 0.0913. The van der Waals surface area contributed by atoms with E-state index < -0.39 is 7.60 Å². The van der Waals surface area contributed by atoms with Crippen molar-refractivity contribution >= 4 is 41.7 Å². The predicted octanol–water partition coefficient (Wildman–Crippen LogP) is 8.60. The zero-order valence-electron chi connectivity index (χ0n) is 25.9. The fourth-order valence-electron chi connectivity index (χ4n) is 4.99. The number of nitrogens with zero attached hydrogens (tertiary/aromatic N) is 2. The summed E-state index contributed by atoms with van der Waals surface area (Å²) in [4.78, 5) is 22.5. The summed E-state index contributed by atoms with van der Waals surface area (Å²) in [5.74, 6) is 2.93. The highest BCUT2D eigenvalue weighted by molar-refractivity contribution is 7.51. The third kappa shape index (κ3) is 8.20. The van der Waals surface area contributed by atoms with Crippen LogP contribution in [0.3, 0.4) is 0 Å². The summed E-state index contributed by atoms with van der Waals surface area (Å²) in [5.41, 5.74) is 5.69. The monoisotopic (exact) mass is 640 g/mol. The van der Waals surface area contributed by atoms with E-state index in [1.165, 1.54) is 0 Å². The highest BCUT2D eigenvalue weighted by Gasteiger charge is 2.17. The summed E-state index contributed by atoms with van der Waals surface area (Å²) in [6.45, 7) is 0.215. The van der Waals surface area contributed by atoms with Crippen LogP contribution in [0.5, 0.6) is 23.0 Å². The van der Waals surface area contributed by atoms with Gasteiger partial charge < -0.3 is 38.5 Å². The molecule has 0 bridgehead atoms. The third-order valence-corrected chi connectivity index (χ3v) is 8.21. The first-order valence-corrected chi connectivity index (χ1v) is 16.5. The largest absolute Gasteiger partial charge is 0.497 e. The van der Waals surface area contributed by atoms with Gasteiger partial charge in [-0.15, -0.1) is 0 Å². The minimum atomic E-state index is -4.04. The molecule has 0 unspecified atom stereocenters. The zero-order chi connectivity index (χ0) is 32.5. The van der Waals surface area contributed by atoms with Crippen LogP contribution < -0.4 is 28.7 Å². The third-order valence-electron chi connectivity index (χ3n) is 7.32.